The van der Waals surface area contributed by atoms with Crippen LogP contribution in [-0.4, -0.2) is 20.7 Å². The van der Waals surface area contributed by atoms with E-state index in [2.05, 4.69) is 20.8 Å². The summed E-state index contributed by atoms with van der Waals surface area (Å²) in [5.74, 6) is 5.39. The third kappa shape index (κ3) is 4.34. The topological polar surface area (TPSA) is 128 Å². The minimum Gasteiger partial charge on any atom is -0.455 e. The first-order valence-corrected chi connectivity index (χ1v) is 11.9. The molecule has 5 aromatic rings. The van der Waals surface area contributed by atoms with Crippen LogP contribution in [-0.2, 0) is 7.05 Å². The number of anilines is 1. The van der Waals surface area contributed by atoms with Crippen LogP contribution in [0.1, 0.15) is 45.8 Å². The fourth-order valence-corrected chi connectivity index (χ4v) is 4.68. The predicted molar refractivity (Wildman–Crippen MR) is 144 cm³/mol. The van der Waals surface area contributed by atoms with Gasteiger partial charge in [0.2, 0.25) is 0 Å². The Bertz CT molecular complexity index is 1750. The number of nitrogens with zero attached hydrogens (tertiary/aromatic N) is 3. The third-order valence-corrected chi connectivity index (χ3v) is 6.49. The first kappa shape index (κ1) is 24.2. The van der Waals surface area contributed by atoms with Crippen molar-refractivity contribution in [1.82, 2.24) is 20.2 Å². The minimum absolute atomic E-state index is 0.0834. The van der Waals surface area contributed by atoms with Crippen molar-refractivity contribution in [3.8, 4) is 11.3 Å². The summed E-state index contributed by atoms with van der Waals surface area (Å²) in [7, 11) is 1.87. The SMILES string of the molecule is Cc1cc([C@@H](C)Nc2ccc(C)nc2C(=O)NN)c2oc(-c3ccc4nn(C)cc4c3)c(C)c(=O)c2c1. The molecule has 2 aromatic carbocycles. The van der Waals surface area contributed by atoms with E-state index in [0.29, 0.717) is 33.7 Å². The zero-order valence-electron chi connectivity index (χ0n) is 21.3. The number of benzene rings is 2. The maximum absolute atomic E-state index is 13.5. The molecule has 0 spiro atoms. The molecule has 1 amide bonds. The molecule has 0 radical (unpaired) electrons. The second-order valence-corrected chi connectivity index (χ2v) is 9.38. The van der Waals surface area contributed by atoms with Gasteiger partial charge in [-0.25, -0.2) is 10.8 Å². The number of amides is 1. The first-order chi connectivity index (χ1) is 17.7. The summed E-state index contributed by atoms with van der Waals surface area (Å²) < 4.78 is 8.25. The summed E-state index contributed by atoms with van der Waals surface area (Å²) in [5, 5.41) is 9.25. The molecule has 0 aliphatic heterocycles. The van der Waals surface area contributed by atoms with Crippen molar-refractivity contribution >= 4 is 33.5 Å². The number of nitrogens with two attached hydrogens (primary N) is 1. The number of carbonyl (C=O) groups is 1. The van der Waals surface area contributed by atoms with Gasteiger partial charge in [0.1, 0.15) is 11.3 Å². The van der Waals surface area contributed by atoms with Crippen LogP contribution in [0.25, 0.3) is 33.2 Å². The highest BCUT2D eigenvalue weighted by atomic mass is 16.3. The Morgan fingerprint density at radius 3 is 2.65 bits per heavy atom. The minimum atomic E-state index is -0.497. The van der Waals surface area contributed by atoms with Gasteiger partial charge in [-0.05, 0) is 69.7 Å². The van der Waals surface area contributed by atoms with E-state index in [9.17, 15) is 9.59 Å². The number of hydrazine groups is 1. The number of nitrogens with one attached hydrogen (secondary N) is 2. The van der Waals surface area contributed by atoms with E-state index in [0.717, 1.165) is 27.6 Å². The normalized spacial score (nSPS) is 12.2. The third-order valence-electron chi connectivity index (χ3n) is 6.49. The number of rotatable bonds is 5. The molecular formula is C28H28N6O3. The van der Waals surface area contributed by atoms with E-state index >= 15 is 0 Å². The maximum Gasteiger partial charge on any atom is 0.285 e. The quantitative estimate of drug-likeness (QED) is 0.186. The Balaban J connectivity index is 1.66. The summed E-state index contributed by atoms with van der Waals surface area (Å²) in [6.45, 7) is 7.47. The highest BCUT2D eigenvalue weighted by Gasteiger charge is 2.21. The summed E-state index contributed by atoms with van der Waals surface area (Å²) in [6, 6.07) is 12.9. The molecule has 188 valence electrons. The van der Waals surface area contributed by atoms with Crippen molar-refractivity contribution < 1.29 is 9.21 Å². The van der Waals surface area contributed by atoms with Gasteiger partial charge < -0.3 is 9.73 Å². The Morgan fingerprint density at radius 2 is 1.89 bits per heavy atom. The molecule has 0 bridgehead atoms. The molecular weight excluding hydrogens is 468 g/mol. The van der Waals surface area contributed by atoms with E-state index in [1.165, 1.54) is 0 Å². The number of hydrogen-bond donors (Lipinski definition) is 3. The monoisotopic (exact) mass is 496 g/mol. The molecule has 0 saturated carbocycles. The molecule has 0 fully saturated rings. The maximum atomic E-state index is 13.5. The number of aromatic nitrogens is 3. The standard InChI is InChI=1S/C28H28N6O3/c1-14-10-20(17(4)31-23-8-6-15(2)30-24(23)28(36)32-29)27-21(11-14)25(35)16(3)26(37-27)18-7-9-22-19(12-18)13-34(5)33-22/h6-13,17,31H,29H2,1-5H3,(H,32,36)/t17-/m1/s1. The lowest BCUT2D eigenvalue weighted by Crippen LogP contribution is -2.31. The van der Waals surface area contributed by atoms with Crippen molar-refractivity contribution in [2.75, 3.05) is 5.32 Å². The highest BCUT2D eigenvalue weighted by molar-refractivity contribution is 5.97. The molecule has 0 aliphatic carbocycles. The lowest BCUT2D eigenvalue weighted by molar-refractivity contribution is 0.0949. The average molecular weight is 497 g/mol. The van der Waals surface area contributed by atoms with Gasteiger partial charge in [0, 0.05) is 41.0 Å². The number of nitrogen functional groups attached to an aromatic ring is 1. The largest absolute Gasteiger partial charge is 0.455 e. The lowest BCUT2D eigenvalue weighted by Gasteiger charge is -2.20. The van der Waals surface area contributed by atoms with E-state index < -0.39 is 5.91 Å². The van der Waals surface area contributed by atoms with Gasteiger partial charge in [-0.3, -0.25) is 19.7 Å². The number of aryl methyl sites for hydroxylation is 3. The molecule has 3 aromatic heterocycles. The van der Waals surface area contributed by atoms with Crippen LogP contribution < -0.4 is 22.0 Å². The average Bonchev–Trinajstić information content (AvgIpc) is 3.25. The lowest BCUT2D eigenvalue weighted by atomic mass is 9.98. The molecule has 37 heavy (non-hydrogen) atoms. The van der Waals surface area contributed by atoms with Crippen molar-refractivity contribution in [2.24, 2.45) is 12.9 Å². The zero-order chi connectivity index (χ0) is 26.4. The van der Waals surface area contributed by atoms with Gasteiger partial charge in [0.15, 0.2) is 11.1 Å². The van der Waals surface area contributed by atoms with Crippen LogP contribution in [0.15, 0.2) is 57.9 Å². The van der Waals surface area contributed by atoms with Crippen LogP contribution in [0, 0.1) is 20.8 Å². The molecule has 9 heteroatoms. The van der Waals surface area contributed by atoms with E-state index in [1.807, 2.05) is 63.5 Å². The van der Waals surface area contributed by atoms with Crippen molar-refractivity contribution in [3.63, 3.8) is 0 Å². The smallest absolute Gasteiger partial charge is 0.285 e. The first-order valence-electron chi connectivity index (χ1n) is 11.9. The molecule has 5 rings (SSSR count). The zero-order valence-corrected chi connectivity index (χ0v) is 21.3. The van der Waals surface area contributed by atoms with E-state index in [-0.39, 0.29) is 17.2 Å². The molecule has 1 atom stereocenters. The number of hydrogen-bond acceptors (Lipinski definition) is 7. The molecule has 0 aliphatic rings. The van der Waals surface area contributed by atoms with E-state index in [4.69, 9.17) is 10.3 Å². The molecule has 9 nitrogen and oxygen atoms in total. The van der Waals surface area contributed by atoms with Crippen molar-refractivity contribution in [2.45, 2.75) is 33.7 Å². The summed E-state index contributed by atoms with van der Waals surface area (Å²) >= 11 is 0. The van der Waals surface area contributed by atoms with Crippen LogP contribution in [0.3, 0.4) is 0 Å². The van der Waals surface area contributed by atoms with Gasteiger partial charge in [0.05, 0.1) is 22.6 Å². The molecule has 0 saturated heterocycles. The van der Waals surface area contributed by atoms with Crippen molar-refractivity contribution in [3.05, 3.63) is 87.0 Å². The predicted octanol–water partition coefficient (Wildman–Crippen LogP) is 4.44. The number of fused-ring (bicyclic) bond motifs is 2. The Labute approximate surface area is 213 Å². The summed E-state index contributed by atoms with van der Waals surface area (Å²) in [5.41, 5.74) is 7.87. The highest BCUT2D eigenvalue weighted by Crippen LogP contribution is 2.33. The van der Waals surface area contributed by atoms with E-state index in [1.54, 1.807) is 24.6 Å². The van der Waals surface area contributed by atoms with Crippen LogP contribution in [0.5, 0.6) is 0 Å². The molecule has 3 heterocycles. The Morgan fingerprint density at radius 1 is 1.11 bits per heavy atom. The Hall–Kier alpha value is -4.50. The Kier molecular flexibility index (Phi) is 6.01. The molecule has 4 N–H and O–H groups in total. The van der Waals surface area contributed by atoms with Crippen LogP contribution in [0.2, 0.25) is 0 Å². The second-order valence-electron chi connectivity index (χ2n) is 9.38. The van der Waals surface area contributed by atoms with Crippen LogP contribution >= 0.6 is 0 Å². The number of pyridine rings is 1. The van der Waals surface area contributed by atoms with Gasteiger partial charge in [-0.1, -0.05) is 6.07 Å². The summed E-state index contributed by atoms with van der Waals surface area (Å²) in [6.07, 6.45) is 1.93. The fraction of sp³-hybridized carbons (Fsp3) is 0.214. The van der Waals surface area contributed by atoms with Crippen molar-refractivity contribution in [1.29, 1.82) is 0 Å². The van der Waals surface area contributed by atoms with Crippen LogP contribution in [0.4, 0.5) is 5.69 Å². The van der Waals surface area contributed by atoms with Gasteiger partial charge in [-0.15, -0.1) is 0 Å². The fourth-order valence-electron chi connectivity index (χ4n) is 4.68. The van der Waals surface area contributed by atoms with Gasteiger partial charge in [0.25, 0.3) is 5.91 Å². The summed E-state index contributed by atoms with van der Waals surface area (Å²) in [4.78, 5) is 30.2. The van der Waals surface area contributed by atoms with Gasteiger partial charge >= 0.3 is 0 Å². The molecule has 0 unspecified atom stereocenters. The number of carbonyl (C=O) groups excluding carboxylic acids is 1. The van der Waals surface area contributed by atoms with Gasteiger partial charge in [-0.2, -0.15) is 5.10 Å². The second kappa shape index (κ2) is 9.18.